The smallest absolute Gasteiger partial charge is 0.0270 e. The standard InChI is InChI=1S/C18H16N2/c1-5-19-6-2-11(1)17-13-9-15-16(10-14(13)17)18(15,17)12-3-7-20-8-4-12/h1-8,13-16H,9-10H2. The SMILES string of the molecule is c1cc(C23C4CC5C(CC42)C53c2ccncc2)ccn1. The molecule has 0 spiro atoms. The van der Waals surface area contributed by atoms with E-state index in [1.165, 1.54) is 12.8 Å². The molecule has 0 bridgehead atoms. The fraction of sp³-hybridized carbons (Fsp3) is 0.444. The molecule has 0 amide bonds. The summed E-state index contributed by atoms with van der Waals surface area (Å²) in [7, 11) is 0. The molecule has 2 nitrogen and oxygen atoms in total. The molecule has 4 fully saturated rings. The van der Waals surface area contributed by atoms with Crippen molar-refractivity contribution in [2.45, 2.75) is 23.7 Å². The Kier molecular flexibility index (Phi) is 1.43. The first kappa shape index (κ1) is 10.1. The summed E-state index contributed by atoms with van der Waals surface area (Å²) in [5, 5.41) is 0. The van der Waals surface area contributed by atoms with E-state index in [4.69, 9.17) is 0 Å². The second-order valence-corrected chi connectivity index (χ2v) is 7.11. The van der Waals surface area contributed by atoms with Crippen molar-refractivity contribution in [3.05, 3.63) is 60.2 Å². The molecule has 0 aromatic carbocycles. The van der Waals surface area contributed by atoms with Crippen LogP contribution in [0.25, 0.3) is 0 Å². The molecule has 2 aromatic heterocycles. The van der Waals surface area contributed by atoms with E-state index in [1.54, 1.807) is 11.1 Å². The molecular weight excluding hydrogens is 244 g/mol. The van der Waals surface area contributed by atoms with Gasteiger partial charge in [0.05, 0.1) is 0 Å². The Morgan fingerprint density at radius 3 is 1.35 bits per heavy atom. The summed E-state index contributed by atoms with van der Waals surface area (Å²) < 4.78 is 0. The number of hydrogen-bond donors (Lipinski definition) is 0. The van der Waals surface area contributed by atoms with Crippen molar-refractivity contribution < 1.29 is 0 Å². The third-order valence-electron chi connectivity index (χ3n) is 7.11. The summed E-state index contributed by atoms with van der Waals surface area (Å²) in [5.41, 5.74) is 4.02. The predicted molar refractivity (Wildman–Crippen MR) is 75.0 cm³/mol. The highest BCUT2D eigenvalue weighted by molar-refractivity contribution is 5.61. The van der Waals surface area contributed by atoms with Crippen LogP contribution >= 0.6 is 0 Å². The summed E-state index contributed by atoms with van der Waals surface area (Å²) in [5.74, 6) is 3.75. The Balaban J connectivity index is 1.62. The normalized spacial score (nSPS) is 49.0. The maximum atomic E-state index is 4.23. The zero-order valence-corrected chi connectivity index (χ0v) is 11.2. The molecule has 4 atom stereocenters. The average Bonchev–Trinajstić information content (AvgIpc) is 3.32. The molecule has 2 aromatic rings. The van der Waals surface area contributed by atoms with Crippen LogP contribution in [-0.2, 0) is 10.8 Å². The van der Waals surface area contributed by atoms with Gasteiger partial charge in [-0.2, -0.15) is 0 Å². The van der Waals surface area contributed by atoms with Crippen LogP contribution in [-0.4, -0.2) is 9.97 Å². The first-order valence-electron chi connectivity index (χ1n) is 7.73. The minimum atomic E-state index is 0.451. The molecule has 0 radical (unpaired) electrons. The summed E-state index contributed by atoms with van der Waals surface area (Å²) in [6.45, 7) is 0. The van der Waals surface area contributed by atoms with Crippen LogP contribution in [0, 0.1) is 23.7 Å². The molecule has 20 heavy (non-hydrogen) atoms. The van der Waals surface area contributed by atoms with Gasteiger partial charge in [0.15, 0.2) is 0 Å². The van der Waals surface area contributed by atoms with Gasteiger partial charge in [0.25, 0.3) is 0 Å². The molecule has 0 aliphatic heterocycles. The average molecular weight is 260 g/mol. The summed E-state index contributed by atoms with van der Waals surface area (Å²) in [6, 6.07) is 9.11. The molecule has 0 N–H and O–H groups in total. The van der Waals surface area contributed by atoms with Crippen molar-refractivity contribution in [2.24, 2.45) is 23.7 Å². The lowest BCUT2D eigenvalue weighted by Gasteiger charge is -2.27. The van der Waals surface area contributed by atoms with Gasteiger partial charge < -0.3 is 0 Å². The van der Waals surface area contributed by atoms with Gasteiger partial charge in [0, 0.05) is 35.6 Å². The van der Waals surface area contributed by atoms with Crippen LogP contribution in [0.4, 0.5) is 0 Å². The molecule has 4 unspecified atom stereocenters. The first-order valence-corrected chi connectivity index (χ1v) is 7.73. The summed E-state index contributed by atoms with van der Waals surface area (Å²) in [6.07, 6.45) is 10.8. The molecule has 4 saturated carbocycles. The monoisotopic (exact) mass is 260 g/mol. The Bertz CT molecular complexity index is 629. The second kappa shape index (κ2) is 2.83. The molecule has 0 saturated heterocycles. The van der Waals surface area contributed by atoms with Gasteiger partial charge >= 0.3 is 0 Å². The molecule has 98 valence electrons. The van der Waals surface area contributed by atoms with E-state index in [1.807, 2.05) is 24.8 Å². The van der Waals surface area contributed by atoms with E-state index < -0.39 is 0 Å². The Morgan fingerprint density at radius 2 is 1.00 bits per heavy atom. The van der Waals surface area contributed by atoms with E-state index in [0.717, 1.165) is 23.7 Å². The van der Waals surface area contributed by atoms with E-state index in [2.05, 4.69) is 34.2 Å². The van der Waals surface area contributed by atoms with Crippen LogP contribution in [0.5, 0.6) is 0 Å². The van der Waals surface area contributed by atoms with Gasteiger partial charge in [-0.1, -0.05) is 0 Å². The lowest BCUT2D eigenvalue weighted by molar-refractivity contribution is 0.457. The molecule has 6 rings (SSSR count). The Labute approximate surface area is 118 Å². The quantitative estimate of drug-likeness (QED) is 0.829. The van der Waals surface area contributed by atoms with Gasteiger partial charge in [-0.15, -0.1) is 0 Å². The summed E-state index contributed by atoms with van der Waals surface area (Å²) in [4.78, 5) is 8.46. The number of hydrogen-bond acceptors (Lipinski definition) is 2. The Morgan fingerprint density at radius 1 is 0.650 bits per heavy atom. The molecule has 2 heterocycles. The first-order chi connectivity index (χ1) is 9.91. The maximum absolute atomic E-state index is 4.23. The van der Waals surface area contributed by atoms with Gasteiger partial charge in [-0.05, 0) is 71.9 Å². The molecular formula is C18H16N2. The van der Waals surface area contributed by atoms with Crippen LogP contribution in [0.2, 0.25) is 0 Å². The fourth-order valence-electron chi connectivity index (χ4n) is 6.84. The van der Waals surface area contributed by atoms with Crippen molar-refractivity contribution in [1.82, 2.24) is 9.97 Å². The van der Waals surface area contributed by atoms with E-state index >= 15 is 0 Å². The van der Waals surface area contributed by atoms with Crippen molar-refractivity contribution in [3.8, 4) is 0 Å². The highest BCUT2D eigenvalue weighted by atomic mass is 15.0. The van der Waals surface area contributed by atoms with Gasteiger partial charge in [-0.25, -0.2) is 0 Å². The van der Waals surface area contributed by atoms with E-state index in [-0.39, 0.29) is 0 Å². The lowest BCUT2D eigenvalue weighted by Crippen LogP contribution is -2.27. The highest BCUT2D eigenvalue weighted by Crippen LogP contribution is 2.96. The topological polar surface area (TPSA) is 25.8 Å². The van der Waals surface area contributed by atoms with Crippen molar-refractivity contribution >= 4 is 0 Å². The number of fused-ring (bicyclic) bond motifs is 2. The number of pyridine rings is 2. The summed E-state index contributed by atoms with van der Waals surface area (Å²) >= 11 is 0. The zero-order valence-electron chi connectivity index (χ0n) is 11.2. The fourth-order valence-corrected chi connectivity index (χ4v) is 6.84. The number of rotatable bonds is 2. The van der Waals surface area contributed by atoms with Crippen LogP contribution in [0.1, 0.15) is 24.0 Å². The molecule has 4 aliphatic rings. The second-order valence-electron chi connectivity index (χ2n) is 7.11. The third kappa shape index (κ3) is 0.751. The molecule has 2 heteroatoms. The van der Waals surface area contributed by atoms with Gasteiger partial charge in [-0.3, -0.25) is 9.97 Å². The minimum Gasteiger partial charge on any atom is -0.265 e. The van der Waals surface area contributed by atoms with Crippen LogP contribution in [0.3, 0.4) is 0 Å². The van der Waals surface area contributed by atoms with Crippen molar-refractivity contribution in [3.63, 3.8) is 0 Å². The van der Waals surface area contributed by atoms with Crippen LogP contribution < -0.4 is 0 Å². The van der Waals surface area contributed by atoms with Gasteiger partial charge in [0.2, 0.25) is 0 Å². The Hall–Kier alpha value is -1.70. The zero-order chi connectivity index (χ0) is 12.9. The lowest BCUT2D eigenvalue weighted by atomic mass is 9.76. The number of nitrogens with zero attached hydrogens (tertiary/aromatic N) is 2. The van der Waals surface area contributed by atoms with Gasteiger partial charge in [0.1, 0.15) is 0 Å². The van der Waals surface area contributed by atoms with E-state index in [9.17, 15) is 0 Å². The highest BCUT2D eigenvalue weighted by Gasteiger charge is 2.95. The maximum Gasteiger partial charge on any atom is 0.0270 e. The third-order valence-corrected chi connectivity index (χ3v) is 7.11. The predicted octanol–water partition coefficient (Wildman–Crippen LogP) is 2.95. The molecule has 4 aliphatic carbocycles. The van der Waals surface area contributed by atoms with Crippen molar-refractivity contribution in [2.75, 3.05) is 0 Å². The van der Waals surface area contributed by atoms with Crippen LogP contribution in [0.15, 0.2) is 49.1 Å². The minimum absolute atomic E-state index is 0.451. The largest absolute Gasteiger partial charge is 0.265 e. The van der Waals surface area contributed by atoms with E-state index in [0.29, 0.717) is 10.8 Å². The number of aromatic nitrogens is 2. The van der Waals surface area contributed by atoms with Crippen molar-refractivity contribution in [1.29, 1.82) is 0 Å².